The molecule has 1 N–H and O–H groups in total. The minimum absolute atomic E-state index is 0.0189. The molecule has 25 heavy (non-hydrogen) atoms. The number of hydrogen-bond donors (Lipinski definition) is 1. The van der Waals surface area contributed by atoms with Crippen LogP contribution in [0.3, 0.4) is 0 Å². The number of carbonyl (C=O) groups excluding carboxylic acids is 1. The standard InChI is InChI=1S/C19H17FN4O/c20-16-3-1-2-14(10-16)15-6-9-24(19(25)11-15)18-12-17(22-23-18)13-4-7-21-8-5-13/h1-5,7-8,10,12,15H,6,9,11H2,(H,22,23). The molecule has 6 heteroatoms. The van der Waals surface area contributed by atoms with Crippen molar-refractivity contribution >= 4 is 11.7 Å². The lowest BCUT2D eigenvalue weighted by Gasteiger charge is -2.30. The van der Waals surface area contributed by atoms with E-state index in [0.29, 0.717) is 18.8 Å². The molecule has 2 aromatic heterocycles. The van der Waals surface area contributed by atoms with Crippen LogP contribution in [0.15, 0.2) is 54.9 Å². The van der Waals surface area contributed by atoms with Crippen LogP contribution in [0.5, 0.6) is 0 Å². The second-order valence-corrected chi connectivity index (χ2v) is 6.16. The summed E-state index contributed by atoms with van der Waals surface area (Å²) in [7, 11) is 0. The van der Waals surface area contributed by atoms with Crippen LogP contribution in [0.4, 0.5) is 10.2 Å². The summed E-state index contributed by atoms with van der Waals surface area (Å²) in [4.78, 5) is 18.3. The molecule has 1 aliphatic rings. The van der Waals surface area contributed by atoms with E-state index in [0.717, 1.165) is 23.2 Å². The Morgan fingerprint density at radius 1 is 1.16 bits per heavy atom. The normalized spacial score (nSPS) is 17.7. The molecule has 0 saturated carbocycles. The summed E-state index contributed by atoms with van der Waals surface area (Å²) in [6.45, 7) is 0.581. The van der Waals surface area contributed by atoms with Gasteiger partial charge in [-0.05, 0) is 42.2 Å². The molecule has 126 valence electrons. The second-order valence-electron chi connectivity index (χ2n) is 6.16. The van der Waals surface area contributed by atoms with E-state index in [4.69, 9.17) is 0 Å². The summed E-state index contributed by atoms with van der Waals surface area (Å²) in [5, 5.41) is 7.23. The molecule has 0 radical (unpaired) electrons. The van der Waals surface area contributed by atoms with Crippen molar-refractivity contribution in [1.82, 2.24) is 15.2 Å². The number of benzene rings is 1. The van der Waals surface area contributed by atoms with Crippen molar-refractivity contribution in [2.24, 2.45) is 0 Å². The van der Waals surface area contributed by atoms with Crippen molar-refractivity contribution in [1.29, 1.82) is 0 Å². The first-order valence-electron chi connectivity index (χ1n) is 8.22. The first-order valence-corrected chi connectivity index (χ1v) is 8.22. The second kappa shape index (κ2) is 6.47. The number of pyridine rings is 1. The van der Waals surface area contributed by atoms with Crippen molar-refractivity contribution < 1.29 is 9.18 Å². The van der Waals surface area contributed by atoms with E-state index >= 15 is 0 Å². The van der Waals surface area contributed by atoms with E-state index < -0.39 is 0 Å². The Morgan fingerprint density at radius 2 is 2.00 bits per heavy atom. The van der Waals surface area contributed by atoms with Crippen LogP contribution in [0.1, 0.15) is 24.3 Å². The molecule has 1 aromatic carbocycles. The fourth-order valence-electron chi connectivity index (χ4n) is 3.25. The largest absolute Gasteiger partial charge is 0.297 e. The van der Waals surface area contributed by atoms with Crippen molar-refractivity contribution in [3.63, 3.8) is 0 Å². The van der Waals surface area contributed by atoms with E-state index in [2.05, 4.69) is 15.2 Å². The third kappa shape index (κ3) is 3.15. The molecular formula is C19H17FN4O. The van der Waals surface area contributed by atoms with Gasteiger partial charge in [-0.25, -0.2) is 4.39 Å². The maximum absolute atomic E-state index is 13.4. The fourth-order valence-corrected chi connectivity index (χ4v) is 3.25. The topological polar surface area (TPSA) is 61.9 Å². The molecular weight excluding hydrogens is 319 g/mol. The Hall–Kier alpha value is -3.02. The number of aromatic nitrogens is 3. The summed E-state index contributed by atoms with van der Waals surface area (Å²) in [5.41, 5.74) is 2.60. The molecule has 0 bridgehead atoms. The molecule has 1 aliphatic heterocycles. The highest BCUT2D eigenvalue weighted by Gasteiger charge is 2.29. The van der Waals surface area contributed by atoms with Gasteiger partial charge in [-0.15, -0.1) is 0 Å². The zero-order valence-corrected chi connectivity index (χ0v) is 13.5. The number of piperidine rings is 1. The number of nitrogens with zero attached hydrogens (tertiary/aromatic N) is 3. The minimum atomic E-state index is -0.261. The Labute approximate surface area is 144 Å². The first-order chi connectivity index (χ1) is 12.2. The van der Waals surface area contributed by atoms with E-state index in [1.54, 1.807) is 23.4 Å². The van der Waals surface area contributed by atoms with Gasteiger partial charge in [-0.3, -0.25) is 19.8 Å². The molecule has 0 spiro atoms. The number of rotatable bonds is 3. The molecule has 3 heterocycles. The quantitative estimate of drug-likeness (QED) is 0.796. The van der Waals surface area contributed by atoms with Crippen LogP contribution in [0.2, 0.25) is 0 Å². The van der Waals surface area contributed by atoms with Crippen molar-refractivity contribution in [3.05, 3.63) is 66.2 Å². The van der Waals surface area contributed by atoms with Gasteiger partial charge in [0.25, 0.3) is 0 Å². The average molecular weight is 336 g/mol. The number of hydrogen-bond acceptors (Lipinski definition) is 3. The smallest absolute Gasteiger partial charge is 0.228 e. The van der Waals surface area contributed by atoms with Gasteiger partial charge >= 0.3 is 0 Å². The fraction of sp³-hybridized carbons (Fsp3) is 0.211. The van der Waals surface area contributed by atoms with E-state index in [-0.39, 0.29) is 17.6 Å². The van der Waals surface area contributed by atoms with Gasteiger partial charge in [0.2, 0.25) is 5.91 Å². The van der Waals surface area contributed by atoms with Gasteiger partial charge in [-0.1, -0.05) is 12.1 Å². The third-order valence-electron chi connectivity index (χ3n) is 4.57. The highest BCUT2D eigenvalue weighted by atomic mass is 19.1. The van der Waals surface area contributed by atoms with E-state index in [1.165, 1.54) is 12.1 Å². The minimum Gasteiger partial charge on any atom is -0.297 e. The summed E-state index contributed by atoms with van der Waals surface area (Å²) in [6, 6.07) is 12.1. The van der Waals surface area contributed by atoms with Crippen LogP contribution in [0.25, 0.3) is 11.3 Å². The Bertz CT molecular complexity index is 893. The summed E-state index contributed by atoms with van der Waals surface area (Å²) < 4.78 is 13.4. The number of H-pyrrole nitrogens is 1. The molecule has 1 atom stereocenters. The zero-order chi connectivity index (χ0) is 17.2. The SMILES string of the molecule is O=C1CC(c2cccc(F)c2)CCN1c1cc(-c2ccncc2)n[nH]1. The number of amides is 1. The molecule has 0 aliphatic carbocycles. The van der Waals surface area contributed by atoms with Crippen LogP contribution >= 0.6 is 0 Å². The van der Waals surface area contributed by atoms with Crippen molar-refractivity contribution in [3.8, 4) is 11.3 Å². The van der Waals surface area contributed by atoms with Crippen molar-refractivity contribution in [2.45, 2.75) is 18.8 Å². The lowest BCUT2D eigenvalue weighted by molar-refractivity contribution is -0.120. The van der Waals surface area contributed by atoms with Gasteiger partial charge < -0.3 is 0 Å². The predicted molar refractivity (Wildman–Crippen MR) is 92.5 cm³/mol. The first kappa shape index (κ1) is 15.5. The van der Waals surface area contributed by atoms with E-state index in [9.17, 15) is 9.18 Å². The van der Waals surface area contributed by atoms with Crippen LogP contribution in [0, 0.1) is 5.82 Å². The monoisotopic (exact) mass is 336 g/mol. The molecule has 1 fully saturated rings. The van der Waals surface area contributed by atoms with Gasteiger partial charge in [0, 0.05) is 37.0 Å². The summed E-state index contributed by atoms with van der Waals surface area (Å²) >= 11 is 0. The Balaban J connectivity index is 1.50. The van der Waals surface area contributed by atoms with Gasteiger partial charge in [0.15, 0.2) is 0 Å². The van der Waals surface area contributed by atoms with Crippen LogP contribution < -0.4 is 4.90 Å². The third-order valence-corrected chi connectivity index (χ3v) is 4.57. The maximum atomic E-state index is 13.4. The number of aromatic amines is 1. The number of carbonyl (C=O) groups is 1. The van der Waals surface area contributed by atoms with Gasteiger partial charge in [0.1, 0.15) is 11.6 Å². The maximum Gasteiger partial charge on any atom is 0.228 e. The summed E-state index contributed by atoms with van der Waals surface area (Å²) in [6.07, 6.45) is 4.57. The predicted octanol–water partition coefficient (Wildman–Crippen LogP) is 3.52. The Morgan fingerprint density at radius 3 is 2.76 bits per heavy atom. The molecule has 3 aromatic rings. The van der Waals surface area contributed by atoms with Gasteiger partial charge in [0.05, 0.1) is 5.69 Å². The zero-order valence-electron chi connectivity index (χ0n) is 13.5. The van der Waals surface area contributed by atoms with E-state index in [1.807, 2.05) is 24.3 Å². The molecule has 1 saturated heterocycles. The highest BCUT2D eigenvalue weighted by Crippen LogP contribution is 2.32. The number of halogens is 1. The van der Waals surface area contributed by atoms with Gasteiger partial charge in [-0.2, -0.15) is 5.10 Å². The molecule has 4 rings (SSSR count). The van der Waals surface area contributed by atoms with Crippen molar-refractivity contribution in [2.75, 3.05) is 11.4 Å². The average Bonchev–Trinajstić information content (AvgIpc) is 3.12. The lowest BCUT2D eigenvalue weighted by atomic mass is 9.89. The molecule has 1 amide bonds. The Kier molecular flexibility index (Phi) is 4.01. The van der Waals surface area contributed by atoms with Crippen LogP contribution in [-0.4, -0.2) is 27.6 Å². The summed E-state index contributed by atoms with van der Waals surface area (Å²) in [5.74, 6) is 0.505. The lowest BCUT2D eigenvalue weighted by Crippen LogP contribution is -2.38. The number of anilines is 1. The highest BCUT2D eigenvalue weighted by molar-refractivity contribution is 5.94. The van der Waals surface area contributed by atoms with Crippen LogP contribution in [-0.2, 0) is 4.79 Å². The molecule has 1 unspecified atom stereocenters. The molecule has 5 nitrogen and oxygen atoms in total. The number of nitrogens with one attached hydrogen (secondary N) is 1.